The Morgan fingerprint density at radius 2 is 1.77 bits per heavy atom. The van der Waals surface area contributed by atoms with Crippen molar-refractivity contribution in [2.45, 2.75) is 50.4 Å². The molecular weight excluding hydrogens is 697 g/mol. The highest BCUT2D eigenvalue weighted by molar-refractivity contribution is 6.31. The van der Waals surface area contributed by atoms with Crippen LogP contribution >= 0.6 is 11.6 Å². The zero-order chi connectivity index (χ0) is 37.1. The molecule has 4 N–H and O–H groups in total. The fourth-order valence-electron chi connectivity index (χ4n) is 6.80. The van der Waals surface area contributed by atoms with Crippen LogP contribution in [0.5, 0.6) is 0 Å². The maximum Gasteiger partial charge on any atom is 0.335 e. The van der Waals surface area contributed by atoms with E-state index in [1.165, 1.54) is 46.2 Å². The van der Waals surface area contributed by atoms with Crippen LogP contribution in [0.15, 0.2) is 71.9 Å². The highest BCUT2D eigenvalue weighted by Gasteiger charge is 2.42. The van der Waals surface area contributed by atoms with Crippen LogP contribution in [0.3, 0.4) is 0 Å². The predicted octanol–water partition coefficient (Wildman–Crippen LogP) is 4.22. The van der Waals surface area contributed by atoms with Crippen LogP contribution in [0, 0.1) is 5.82 Å². The molecule has 3 aliphatic heterocycles. The number of benzene rings is 3. The van der Waals surface area contributed by atoms with Gasteiger partial charge in [0.15, 0.2) is 5.82 Å². The van der Waals surface area contributed by atoms with Gasteiger partial charge in [0, 0.05) is 43.7 Å². The number of aliphatic carboxylic acids is 1. The number of carboxylic acids is 2. The zero-order valence-corrected chi connectivity index (χ0v) is 28.5. The van der Waals surface area contributed by atoms with E-state index in [2.05, 4.69) is 5.16 Å². The molecule has 15 heteroatoms. The van der Waals surface area contributed by atoms with Crippen LogP contribution in [0.1, 0.15) is 64.5 Å². The Hall–Kier alpha value is -5.60. The van der Waals surface area contributed by atoms with Crippen molar-refractivity contribution in [2.24, 2.45) is 10.9 Å². The van der Waals surface area contributed by atoms with Gasteiger partial charge in [-0.3, -0.25) is 24.1 Å². The highest BCUT2D eigenvalue weighted by atomic mass is 35.5. The number of carboxylic acid groups (broad SMARTS) is 2. The van der Waals surface area contributed by atoms with E-state index in [1.54, 1.807) is 11.0 Å². The van der Waals surface area contributed by atoms with Crippen LogP contribution in [0.25, 0.3) is 5.57 Å². The minimum absolute atomic E-state index is 0.0170. The second-order valence-electron chi connectivity index (χ2n) is 12.6. The Morgan fingerprint density at radius 1 is 1.04 bits per heavy atom. The molecule has 13 nitrogen and oxygen atoms in total. The van der Waals surface area contributed by atoms with E-state index in [0.29, 0.717) is 43.6 Å². The summed E-state index contributed by atoms with van der Waals surface area (Å²) in [6.07, 6.45) is 1.39. The van der Waals surface area contributed by atoms with Crippen molar-refractivity contribution in [1.29, 1.82) is 0 Å². The zero-order valence-electron chi connectivity index (χ0n) is 27.8. The molecule has 0 aromatic heterocycles. The Morgan fingerprint density at radius 3 is 2.44 bits per heavy atom. The summed E-state index contributed by atoms with van der Waals surface area (Å²) >= 11 is 5.98. The largest absolute Gasteiger partial charge is 0.480 e. The van der Waals surface area contributed by atoms with Crippen molar-refractivity contribution in [3.63, 3.8) is 0 Å². The molecule has 0 aliphatic carbocycles. The number of hydrogen-bond donors (Lipinski definition) is 3. The van der Waals surface area contributed by atoms with Crippen LogP contribution in [-0.2, 0) is 30.4 Å². The number of nitrogens with two attached hydrogens (primary N) is 1. The molecule has 3 aromatic rings. The Bertz CT molecular complexity index is 1990. The van der Waals surface area contributed by atoms with Gasteiger partial charge in [-0.05, 0) is 77.9 Å². The second kappa shape index (κ2) is 15.3. The van der Waals surface area contributed by atoms with Crippen molar-refractivity contribution in [3.8, 4) is 0 Å². The van der Waals surface area contributed by atoms with Crippen molar-refractivity contribution in [1.82, 2.24) is 9.80 Å². The molecule has 0 fully saturated rings. The van der Waals surface area contributed by atoms with E-state index in [1.807, 2.05) is 24.3 Å². The fourth-order valence-corrected chi connectivity index (χ4v) is 6.97. The first-order chi connectivity index (χ1) is 25.0. The number of carbonyl (C=O) groups excluding carboxylic acids is 3. The van der Waals surface area contributed by atoms with Gasteiger partial charge in [0.25, 0.3) is 5.91 Å². The summed E-state index contributed by atoms with van der Waals surface area (Å²) < 4.78 is 14.8. The first kappa shape index (κ1) is 36.2. The van der Waals surface area contributed by atoms with Gasteiger partial charge in [0.05, 0.1) is 16.3 Å². The summed E-state index contributed by atoms with van der Waals surface area (Å²) in [7, 11) is 0. The summed E-state index contributed by atoms with van der Waals surface area (Å²) in [6.45, 7) is 0.905. The van der Waals surface area contributed by atoms with Gasteiger partial charge in [-0.25, -0.2) is 9.18 Å². The standard InChI is InChI=1S/C37H35ClFN5O8/c38-28-6-2-5-27(33(28)39)30-19-31(52-41-30)35(47)43-18-15-25-24(21-13-16-42(17-14-21)32(46)12-11-29(40)37(50)51)3-1-4-26(25)34(43)44(20-45)23-9-7-22(8-10-23)36(48)49/h1-10,13,20,29,31,34H,11-12,14-19,40H2,(H,48,49)(H,50,51)/t29-,31+,34+/m0/s1. The molecule has 52 heavy (non-hydrogen) atoms. The molecule has 270 valence electrons. The molecular formula is C37H35ClFN5O8. The number of rotatable bonds is 11. The summed E-state index contributed by atoms with van der Waals surface area (Å²) in [5.41, 5.74) is 9.71. The number of fused-ring (bicyclic) bond motifs is 1. The number of oxime groups is 1. The van der Waals surface area contributed by atoms with Gasteiger partial charge < -0.3 is 30.6 Å². The second-order valence-corrected chi connectivity index (χ2v) is 13.0. The first-order valence-electron chi connectivity index (χ1n) is 16.6. The molecule has 3 heterocycles. The number of amides is 3. The van der Waals surface area contributed by atoms with Crippen LogP contribution < -0.4 is 10.6 Å². The quantitative estimate of drug-likeness (QED) is 0.243. The minimum Gasteiger partial charge on any atom is -0.480 e. The molecule has 3 amide bonds. The molecule has 0 radical (unpaired) electrons. The van der Waals surface area contributed by atoms with Crippen LogP contribution in [0.4, 0.5) is 10.1 Å². The lowest BCUT2D eigenvalue weighted by atomic mass is 9.86. The molecule has 0 bridgehead atoms. The van der Waals surface area contributed by atoms with E-state index in [4.69, 9.17) is 27.3 Å². The molecule has 3 aromatic carbocycles. The third kappa shape index (κ3) is 7.25. The predicted molar refractivity (Wildman–Crippen MR) is 188 cm³/mol. The SMILES string of the molecule is N[C@@H](CCC(=O)N1CC=C(c2cccc3c2CCN(C(=O)[C@H]2CC(c4cccc(Cl)c4F)=NO2)[C@@H]3N(C=O)c2ccc(C(=O)O)cc2)CC1)C(=O)O. The van der Waals surface area contributed by atoms with Gasteiger partial charge in [-0.2, -0.15) is 0 Å². The monoisotopic (exact) mass is 731 g/mol. The Balaban J connectivity index is 1.30. The number of hydrogen-bond acceptors (Lipinski definition) is 8. The van der Waals surface area contributed by atoms with Crippen molar-refractivity contribution < 1.29 is 43.4 Å². The van der Waals surface area contributed by atoms with Crippen LogP contribution in [-0.4, -0.2) is 87.7 Å². The third-order valence-corrected chi connectivity index (χ3v) is 9.85. The number of halogens is 2. The molecule has 3 aliphatic rings. The summed E-state index contributed by atoms with van der Waals surface area (Å²) in [5, 5.41) is 22.4. The third-order valence-electron chi connectivity index (χ3n) is 9.56. The van der Waals surface area contributed by atoms with E-state index in [-0.39, 0.29) is 53.6 Å². The Kier molecular flexibility index (Phi) is 10.7. The molecule has 0 spiro atoms. The lowest BCUT2D eigenvalue weighted by Crippen LogP contribution is -2.51. The topological polar surface area (TPSA) is 183 Å². The molecule has 3 atom stereocenters. The fraction of sp³-hybridized carbons (Fsp3) is 0.297. The maximum absolute atomic E-state index is 14.8. The normalized spacial score (nSPS) is 18.8. The lowest BCUT2D eigenvalue weighted by Gasteiger charge is -2.43. The van der Waals surface area contributed by atoms with Crippen molar-refractivity contribution in [2.75, 3.05) is 24.5 Å². The van der Waals surface area contributed by atoms with E-state index in [9.17, 15) is 33.5 Å². The molecule has 0 saturated carbocycles. The van der Waals surface area contributed by atoms with E-state index >= 15 is 0 Å². The summed E-state index contributed by atoms with van der Waals surface area (Å²) in [6, 6.07) is 14.7. The van der Waals surface area contributed by atoms with Gasteiger partial charge >= 0.3 is 11.9 Å². The van der Waals surface area contributed by atoms with Crippen molar-refractivity contribution in [3.05, 3.63) is 105 Å². The molecule has 0 unspecified atom stereocenters. The van der Waals surface area contributed by atoms with E-state index in [0.717, 1.165) is 16.7 Å². The van der Waals surface area contributed by atoms with Crippen LogP contribution in [0.2, 0.25) is 5.02 Å². The maximum atomic E-state index is 14.8. The first-order valence-corrected chi connectivity index (χ1v) is 17.0. The van der Waals surface area contributed by atoms with Gasteiger partial charge in [0.2, 0.25) is 18.4 Å². The average molecular weight is 732 g/mol. The molecule has 6 rings (SSSR count). The minimum atomic E-state index is -1.16. The molecule has 0 saturated heterocycles. The number of nitrogens with zero attached hydrogens (tertiary/aromatic N) is 4. The van der Waals surface area contributed by atoms with E-state index < -0.39 is 42.0 Å². The Labute approximate surface area is 302 Å². The smallest absolute Gasteiger partial charge is 0.335 e. The van der Waals surface area contributed by atoms with Gasteiger partial charge in [-0.15, -0.1) is 0 Å². The van der Waals surface area contributed by atoms with Crippen molar-refractivity contribution >= 4 is 58.7 Å². The summed E-state index contributed by atoms with van der Waals surface area (Å²) in [5.74, 6) is -3.64. The average Bonchev–Trinajstić information content (AvgIpc) is 3.65. The number of carbonyl (C=O) groups is 5. The van der Waals surface area contributed by atoms with Gasteiger partial charge in [0.1, 0.15) is 12.2 Å². The number of aromatic carboxylic acids is 1. The summed E-state index contributed by atoms with van der Waals surface area (Å²) in [4.78, 5) is 72.7. The number of anilines is 1. The van der Waals surface area contributed by atoms with Gasteiger partial charge in [-0.1, -0.05) is 47.1 Å². The lowest BCUT2D eigenvalue weighted by molar-refractivity contribution is -0.145. The highest BCUT2D eigenvalue weighted by Crippen LogP contribution is 2.40.